The van der Waals surface area contributed by atoms with Crippen LogP contribution in [0, 0.1) is 5.92 Å². The fourth-order valence-electron chi connectivity index (χ4n) is 3.40. The molecule has 3 heteroatoms. The Balaban J connectivity index is 1.57. The number of piperidine rings is 1. The summed E-state index contributed by atoms with van der Waals surface area (Å²) < 4.78 is 0. The molecule has 2 aliphatic rings. The molecule has 2 rings (SSSR count). The molecular formula is C17H35N3. The highest BCUT2D eigenvalue weighted by atomic mass is 15.2. The van der Waals surface area contributed by atoms with Gasteiger partial charge in [-0.15, -0.1) is 0 Å². The highest BCUT2D eigenvalue weighted by molar-refractivity contribution is 4.79. The molecule has 3 nitrogen and oxygen atoms in total. The Kier molecular flexibility index (Phi) is 6.31. The van der Waals surface area contributed by atoms with Gasteiger partial charge in [0, 0.05) is 25.2 Å². The van der Waals surface area contributed by atoms with Gasteiger partial charge in [0.25, 0.3) is 0 Å². The van der Waals surface area contributed by atoms with Gasteiger partial charge in [0.05, 0.1) is 0 Å². The lowest BCUT2D eigenvalue weighted by atomic mass is 9.96. The van der Waals surface area contributed by atoms with Crippen LogP contribution in [0.15, 0.2) is 0 Å². The summed E-state index contributed by atoms with van der Waals surface area (Å²) >= 11 is 0. The van der Waals surface area contributed by atoms with Gasteiger partial charge in [-0.25, -0.2) is 0 Å². The van der Waals surface area contributed by atoms with Gasteiger partial charge in [-0.2, -0.15) is 0 Å². The zero-order chi connectivity index (χ0) is 14.4. The minimum absolute atomic E-state index is 0.300. The van der Waals surface area contributed by atoms with Crippen LogP contribution in [0.4, 0.5) is 0 Å². The van der Waals surface area contributed by atoms with Gasteiger partial charge in [0.2, 0.25) is 0 Å². The molecule has 0 atom stereocenters. The maximum absolute atomic E-state index is 3.68. The largest absolute Gasteiger partial charge is 0.311 e. The SMILES string of the molecule is CCC(C)(C)NCCN1CCC(CN2CCCC2)CC1. The lowest BCUT2D eigenvalue weighted by molar-refractivity contribution is 0.151. The van der Waals surface area contributed by atoms with Gasteiger partial charge < -0.3 is 15.1 Å². The third-order valence-corrected chi connectivity index (χ3v) is 5.34. The Hall–Kier alpha value is -0.120. The van der Waals surface area contributed by atoms with Crippen LogP contribution in [-0.4, -0.2) is 61.2 Å². The second-order valence-corrected chi connectivity index (χ2v) is 7.46. The first-order valence-corrected chi connectivity index (χ1v) is 8.79. The number of hydrogen-bond acceptors (Lipinski definition) is 3. The molecule has 118 valence electrons. The van der Waals surface area contributed by atoms with E-state index >= 15 is 0 Å². The average molecular weight is 281 g/mol. The van der Waals surface area contributed by atoms with Crippen LogP contribution in [0.5, 0.6) is 0 Å². The molecule has 0 amide bonds. The second-order valence-electron chi connectivity index (χ2n) is 7.46. The topological polar surface area (TPSA) is 18.5 Å². The molecule has 0 radical (unpaired) electrons. The molecule has 0 bridgehead atoms. The summed E-state index contributed by atoms with van der Waals surface area (Å²) in [4.78, 5) is 5.34. The molecule has 0 aliphatic carbocycles. The third-order valence-electron chi connectivity index (χ3n) is 5.34. The molecule has 0 unspecified atom stereocenters. The van der Waals surface area contributed by atoms with E-state index in [0.29, 0.717) is 5.54 Å². The Labute approximate surface area is 126 Å². The summed E-state index contributed by atoms with van der Waals surface area (Å²) in [5, 5.41) is 3.68. The highest BCUT2D eigenvalue weighted by Gasteiger charge is 2.23. The van der Waals surface area contributed by atoms with Crippen molar-refractivity contribution in [3.63, 3.8) is 0 Å². The van der Waals surface area contributed by atoms with Crippen molar-refractivity contribution in [1.29, 1.82) is 0 Å². The van der Waals surface area contributed by atoms with E-state index in [-0.39, 0.29) is 0 Å². The first kappa shape index (κ1) is 16.3. The van der Waals surface area contributed by atoms with Gasteiger partial charge in [0.1, 0.15) is 0 Å². The second kappa shape index (κ2) is 7.77. The molecule has 0 saturated carbocycles. The van der Waals surface area contributed by atoms with Crippen molar-refractivity contribution in [2.45, 2.75) is 58.4 Å². The van der Waals surface area contributed by atoms with Crippen LogP contribution in [-0.2, 0) is 0 Å². The van der Waals surface area contributed by atoms with Crippen molar-refractivity contribution >= 4 is 0 Å². The maximum Gasteiger partial charge on any atom is 0.0123 e. The zero-order valence-electron chi connectivity index (χ0n) is 14.0. The van der Waals surface area contributed by atoms with Crippen LogP contribution in [0.1, 0.15) is 52.9 Å². The number of nitrogens with one attached hydrogen (secondary N) is 1. The van der Waals surface area contributed by atoms with Crippen LogP contribution in [0.2, 0.25) is 0 Å². The summed E-state index contributed by atoms with van der Waals surface area (Å²) in [5.74, 6) is 0.962. The summed E-state index contributed by atoms with van der Waals surface area (Å²) in [6.45, 7) is 15.9. The average Bonchev–Trinajstić information content (AvgIpc) is 2.94. The first-order chi connectivity index (χ1) is 9.59. The van der Waals surface area contributed by atoms with Gasteiger partial charge in [-0.05, 0) is 78.0 Å². The van der Waals surface area contributed by atoms with Crippen molar-refractivity contribution in [2.24, 2.45) is 5.92 Å². The van der Waals surface area contributed by atoms with Gasteiger partial charge >= 0.3 is 0 Å². The summed E-state index contributed by atoms with van der Waals surface area (Å²) in [7, 11) is 0. The molecule has 0 aromatic carbocycles. The van der Waals surface area contributed by atoms with Crippen LogP contribution >= 0.6 is 0 Å². The van der Waals surface area contributed by atoms with Crippen molar-refractivity contribution < 1.29 is 0 Å². The third kappa shape index (κ3) is 5.34. The molecule has 0 spiro atoms. The molecule has 2 fully saturated rings. The van der Waals surface area contributed by atoms with E-state index in [1.54, 1.807) is 0 Å². The molecule has 0 aromatic heterocycles. The smallest absolute Gasteiger partial charge is 0.0123 e. The Bertz CT molecular complexity index is 263. The van der Waals surface area contributed by atoms with Crippen LogP contribution in [0.25, 0.3) is 0 Å². The molecule has 2 saturated heterocycles. The minimum Gasteiger partial charge on any atom is -0.311 e. The standard InChI is InChI=1S/C17H35N3/c1-4-17(2,3)18-9-14-19-12-7-16(8-13-19)15-20-10-5-6-11-20/h16,18H,4-15H2,1-3H3. The predicted molar refractivity (Wildman–Crippen MR) is 87.2 cm³/mol. The molecule has 20 heavy (non-hydrogen) atoms. The van der Waals surface area contributed by atoms with Gasteiger partial charge in [-0.1, -0.05) is 6.92 Å². The molecular weight excluding hydrogens is 246 g/mol. The van der Waals surface area contributed by atoms with Crippen molar-refractivity contribution in [2.75, 3.05) is 45.8 Å². The quantitative estimate of drug-likeness (QED) is 0.774. The van der Waals surface area contributed by atoms with E-state index in [1.165, 1.54) is 71.4 Å². The van der Waals surface area contributed by atoms with E-state index in [1.807, 2.05) is 0 Å². The summed E-state index contributed by atoms with van der Waals surface area (Å²) in [5.41, 5.74) is 0.300. The first-order valence-electron chi connectivity index (χ1n) is 8.79. The molecule has 2 heterocycles. The molecule has 1 N–H and O–H groups in total. The summed E-state index contributed by atoms with van der Waals surface area (Å²) in [6, 6.07) is 0. The van der Waals surface area contributed by atoms with Crippen molar-refractivity contribution in [3.8, 4) is 0 Å². The minimum atomic E-state index is 0.300. The van der Waals surface area contributed by atoms with Crippen LogP contribution in [0.3, 0.4) is 0 Å². The lowest BCUT2D eigenvalue weighted by Crippen LogP contribution is -2.45. The van der Waals surface area contributed by atoms with E-state index in [4.69, 9.17) is 0 Å². The molecule has 2 aliphatic heterocycles. The van der Waals surface area contributed by atoms with E-state index in [2.05, 4.69) is 35.9 Å². The van der Waals surface area contributed by atoms with Crippen molar-refractivity contribution in [3.05, 3.63) is 0 Å². The van der Waals surface area contributed by atoms with Gasteiger partial charge in [0.15, 0.2) is 0 Å². The van der Waals surface area contributed by atoms with Gasteiger partial charge in [-0.3, -0.25) is 0 Å². The molecule has 0 aromatic rings. The zero-order valence-corrected chi connectivity index (χ0v) is 14.0. The van der Waals surface area contributed by atoms with E-state index in [9.17, 15) is 0 Å². The predicted octanol–water partition coefficient (Wildman–Crippen LogP) is 2.57. The fourth-order valence-corrected chi connectivity index (χ4v) is 3.40. The maximum atomic E-state index is 3.68. The highest BCUT2D eigenvalue weighted by Crippen LogP contribution is 2.20. The Morgan fingerprint density at radius 3 is 2.25 bits per heavy atom. The number of likely N-dealkylation sites (tertiary alicyclic amines) is 2. The fraction of sp³-hybridized carbons (Fsp3) is 1.00. The lowest BCUT2D eigenvalue weighted by Gasteiger charge is -2.34. The summed E-state index contributed by atoms with van der Waals surface area (Å²) in [6.07, 6.45) is 6.88. The number of hydrogen-bond donors (Lipinski definition) is 1. The van der Waals surface area contributed by atoms with E-state index in [0.717, 1.165) is 12.5 Å². The Morgan fingerprint density at radius 1 is 1.00 bits per heavy atom. The van der Waals surface area contributed by atoms with Crippen molar-refractivity contribution in [1.82, 2.24) is 15.1 Å². The van der Waals surface area contributed by atoms with E-state index < -0.39 is 0 Å². The monoisotopic (exact) mass is 281 g/mol. The number of rotatable bonds is 7. The normalized spacial score (nSPS) is 23.6. The Morgan fingerprint density at radius 2 is 1.65 bits per heavy atom. The van der Waals surface area contributed by atoms with Crippen LogP contribution < -0.4 is 5.32 Å². The number of nitrogens with zero attached hydrogens (tertiary/aromatic N) is 2.